The smallest absolute Gasteiger partial charge is 0.316 e. The van der Waals surface area contributed by atoms with Gasteiger partial charge in [0.25, 0.3) is 5.89 Å². The molecule has 0 bridgehead atoms. The summed E-state index contributed by atoms with van der Waals surface area (Å²) in [6.45, 7) is -0.781. The minimum absolute atomic E-state index is 0.00180. The predicted molar refractivity (Wildman–Crippen MR) is 104 cm³/mol. The Morgan fingerprint density at radius 2 is 1.79 bits per heavy atom. The molecule has 1 aromatic heterocycles. The standard InChI is InChI=1S/C17H14F3IN4O3/c18-11-3-2-10(16-24-25-17(28-16)22-9(6-26)7-27)15(14(11)20)23-13-4-1-8(21)5-12(13)19/h1-5,9,23,26-27H,6-7H2,(H,22,25). The zero-order valence-electron chi connectivity index (χ0n) is 14.1. The lowest BCUT2D eigenvalue weighted by Crippen LogP contribution is -2.27. The molecule has 0 aliphatic rings. The van der Waals surface area contributed by atoms with Crippen molar-refractivity contribution in [3.8, 4) is 11.5 Å². The molecule has 11 heteroatoms. The van der Waals surface area contributed by atoms with E-state index in [0.29, 0.717) is 3.57 Å². The van der Waals surface area contributed by atoms with E-state index in [2.05, 4.69) is 20.8 Å². The molecule has 0 amide bonds. The van der Waals surface area contributed by atoms with E-state index in [1.807, 2.05) is 22.6 Å². The summed E-state index contributed by atoms with van der Waals surface area (Å²) in [5.41, 5.74) is -0.442. The molecule has 0 aliphatic carbocycles. The van der Waals surface area contributed by atoms with E-state index < -0.39 is 36.7 Å². The van der Waals surface area contributed by atoms with Gasteiger partial charge >= 0.3 is 6.01 Å². The molecule has 3 aromatic rings. The lowest BCUT2D eigenvalue weighted by atomic mass is 10.1. The molecule has 0 saturated carbocycles. The van der Waals surface area contributed by atoms with E-state index in [9.17, 15) is 13.2 Å². The van der Waals surface area contributed by atoms with Crippen LogP contribution < -0.4 is 10.6 Å². The summed E-state index contributed by atoms with van der Waals surface area (Å²) in [5, 5.41) is 30.7. The van der Waals surface area contributed by atoms with Gasteiger partial charge in [0.05, 0.1) is 36.2 Å². The van der Waals surface area contributed by atoms with Crippen molar-refractivity contribution in [3.63, 3.8) is 0 Å². The van der Waals surface area contributed by atoms with Crippen molar-refractivity contribution in [3.05, 3.63) is 51.4 Å². The third-order valence-electron chi connectivity index (χ3n) is 3.71. The first-order valence-electron chi connectivity index (χ1n) is 7.95. The summed E-state index contributed by atoms with van der Waals surface area (Å²) in [4.78, 5) is 0. The van der Waals surface area contributed by atoms with Crippen LogP contribution in [0.5, 0.6) is 0 Å². The molecule has 0 saturated heterocycles. The normalized spacial score (nSPS) is 11.1. The van der Waals surface area contributed by atoms with Crippen molar-refractivity contribution in [2.24, 2.45) is 0 Å². The van der Waals surface area contributed by atoms with Crippen LogP contribution in [0.4, 0.5) is 30.6 Å². The van der Waals surface area contributed by atoms with Gasteiger partial charge in [0.2, 0.25) is 0 Å². The molecule has 28 heavy (non-hydrogen) atoms. The van der Waals surface area contributed by atoms with Crippen LogP contribution in [-0.2, 0) is 0 Å². The number of aliphatic hydroxyl groups excluding tert-OH is 2. The van der Waals surface area contributed by atoms with Crippen molar-refractivity contribution in [1.29, 1.82) is 0 Å². The zero-order chi connectivity index (χ0) is 20.3. The summed E-state index contributed by atoms with van der Waals surface area (Å²) in [7, 11) is 0. The van der Waals surface area contributed by atoms with Gasteiger partial charge in [-0.15, -0.1) is 5.10 Å². The van der Waals surface area contributed by atoms with Gasteiger partial charge in [0.1, 0.15) is 5.82 Å². The van der Waals surface area contributed by atoms with E-state index in [1.165, 1.54) is 18.2 Å². The summed E-state index contributed by atoms with van der Waals surface area (Å²) in [6, 6.07) is 5.43. The van der Waals surface area contributed by atoms with Crippen molar-refractivity contribution < 1.29 is 27.8 Å². The number of aliphatic hydroxyl groups is 2. The Labute approximate surface area is 170 Å². The summed E-state index contributed by atoms with van der Waals surface area (Å²) in [6.07, 6.45) is 0. The van der Waals surface area contributed by atoms with Gasteiger partial charge < -0.3 is 25.3 Å². The minimum atomic E-state index is -1.24. The highest BCUT2D eigenvalue weighted by molar-refractivity contribution is 14.1. The van der Waals surface area contributed by atoms with Crippen LogP contribution in [-0.4, -0.2) is 39.7 Å². The van der Waals surface area contributed by atoms with Crippen LogP contribution in [0.2, 0.25) is 0 Å². The Morgan fingerprint density at radius 3 is 2.46 bits per heavy atom. The number of rotatable bonds is 7. The molecule has 4 N–H and O–H groups in total. The van der Waals surface area contributed by atoms with Gasteiger partial charge in [-0.05, 0) is 52.9 Å². The summed E-state index contributed by atoms with van der Waals surface area (Å²) >= 11 is 1.92. The minimum Gasteiger partial charge on any atom is -0.403 e. The number of aromatic nitrogens is 2. The number of nitrogens with one attached hydrogen (secondary N) is 2. The van der Waals surface area contributed by atoms with Gasteiger partial charge in [0.15, 0.2) is 11.6 Å². The van der Waals surface area contributed by atoms with Crippen LogP contribution in [0, 0.1) is 21.0 Å². The second-order valence-electron chi connectivity index (χ2n) is 5.65. The van der Waals surface area contributed by atoms with E-state index in [0.717, 1.165) is 6.07 Å². The lowest BCUT2D eigenvalue weighted by molar-refractivity contribution is 0.202. The Balaban J connectivity index is 1.98. The first-order chi connectivity index (χ1) is 13.4. The van der Waals surface area contributed by atoms with Crippen LogP contribution in [0.25, 0.3) is 11.5 Å². The van der Waals surface area contributed by atoms with Crippen LogP contribution in [0.3, 0.4) is 0 Å². The third-order valence-corrected chi connectivity index (χ3v) is 4.38. The fraction of sp³-hybridized carbons (Fsp3) is 0.176. The van der Waals surface area contributed by atoms with Gasteiger partial charge in [-0.3, -0.25) is 0 Å². The first kappa shape index (κ1) is 20.4. The van der Waals surface area contributed by atoms with E-state index >= 15 is 0 Å². The van der Waals surface area contributed by atoms with Gasteiger partial charge in [-0.1, -0.05) is 5.10 Å². The highest BCUT2D eigenvalue weighted by Crippen LogP contribution is 2.34. The van der Waals surface area contributed by atoms with Crippen LogP contribution in [0.15, 0.2) is 34.7 Å². The first-order valence-corrected chi connectivity index (χ1v) is 9.03. The molecule has 0 spiro atoms. The molecule has 7 nitrogen and oxygen atoms in total. The second-order valence-corrected chi connectivity index (χ2v) is 6.90. The Kier molecular flexibility index (Phi) is 6.36. The summed E-state index contributed by atoms with van der Waals surface area (Å²) < 4.78 is 48.3. The van der Waals surface area contributed by atoms with Crippen LogP contribution >= 0.6 is 22.6 Å². The number of benzene rings is 2. The highest BCUT2D eigenvalue weighted by atomic mass is 127. The fourth-order valence-corrected chi connectivity index (χ4v) is 2.74. The maximum atomic E-state index is 14.4. The summed E-state index contributed by atoms with van der Waals surface area (Å²) in [5.74, 6) is -3.21. The molecular formula is C17H14F3IN4O3. The maximum absolute atomic E-state index is 14.4. The van der Waals surface area contributed by atoms with Crippen molar-refractivity contribution in [2.75, 3.05) is 23.8 Å². The van der Waals surface area contributed by atoms with Crippen molar-refractivity contribution in [1.82, 2.24) is 10.2 Å². The number of hydrogen-bond acceptors (Lipinski definition) is 7. The zero-order valence-corrected chi connectivity index (χ0v) is 16.2. The Morgan fingerprint density at radius 1 is 1.04 bits per heavy atom. The van der Waals surface area contributed by atoms with Gasteiger partial charge in [0, 0.05) is 3.57 Å². The van der Waals surface area contributed by atoms with E-state index in [-0.39, 0.29) is 28.8 Å². The number of hydrogen-bond donors (Lipinski definition) is 4. The SMILES string of the molecule is OCC(CO)Nc1nnc(-c2ccc(F)c(F)c2Nc2ccc(I)cc2F)o1. The van der Waals surface area contributed by atoms with Crippen molar-refractivity contribution >= 4 is 40.0 Å². The molecule has 148 valence electrons. The number of anilines is 3. The lowest BCUT2D eigenvalue weighted by Gasteiger charge is -2.13. The topological polar surface area (TPSA) is 103 Å². The molecule has 0 radical (unpaired) electrons. The molecule has 0 aliphatic heterocycles. The molecular weight excluding hydrogens is 492 g/mol. The molecule has 0 unspecified atom stereocenters. The quantitative estimate of drug-likeness (QED) is 0.365. The Hall–Kier alpha value is -2.38. The van der Waals surface area contributed by atoms with Crippen molar-refractivity contribution in [2.45, 2.75) is 6.04 Å². The Bertz CT molecular complexity index is 982. The number of nitrogens with zero attached hydrogens (tertiary/aromatic N) is 2. The molecule has 0 fully saturated rings. The number of halogens is 4. The largest absolute Gasteiger partial charge is 0.403 e. The monoisotopic (exact) mass is 506 g/mol. The average molecular weight is 506 g/mol. The average Bonchev–Trinajstić information content (AvgIpc) is 3.13. The molecule has 0 atom stereocenters. The van der Waals surface area contributed by atoms with Gasteiger partial charge in [-0.25, -0.2) is 13.2 Å². The fourth-order valence-electron chi connectivity index (χ4n) is 2.29. The second kappa shape index (κ2) is 8.75. The van der Waals surface area contributed by atoms with Crippen LogP contribution in [0.1, 0.15) is 0 Å². The highest BCUT2D eigenvalue weighted by Gasteiger charge is 2.21. The molecule has 1 heterocycles. The van der Waals surface area contributed by atoms with E-state index in [4.69, 9.17) is 14.6 Å². The van der Waals surface area contributed by atoms with E-state index in [1.54, 1.807) is 6.07 Å². The van der Waals surface area contributed by atoms with Gasteiger partial charge in [-0.2, -0.15) is 0 Å². The predicted octanol–water partition coefficient (Wildman–Crippen LogP) is 3.27. The maximum Gasteiger partial charge on any atom is 0.316 e. The molecule has 2 aromatic carbocycles. The molecule has 3 rings (SSSR count). The third kappa shape index (κ3) is 4.36.